The van der Waals surface area contributed by atoms with Crippen molar-refractivity contribution < 1.29 is 28.7 Å². The molecule has 0 saturated carbocycles. The molecule has 0 spiro atoms. The Kier molecular flexibility index (Phi) is 12.1. The minimum Gasteiger partial charge on any atom is -0.410 e. The number of carbonyl (C=O) groups excluding carboxylic acids is 4. The lowest BCUT2D eigenvalue weighted by Crippen LogP contribution is -2.21. The molecule has 12 nitrogen and oxygen atoms in total. The van der Waals surface area contributed by atoms with Crippen LogP contribution in [0.4, 0.5) is 53.3 Å². The van der Waals surface area contributed by atoms with Gasteiger partial charge in [-0.15, -0.1) is 0 Å². The van der Waals surface area contributed by atoms with Gasteiger partial charge in [-0.3, -0.25) is 10.6 Å². The SMILES string of the molecule is Cc1c(NC(=O)Nc2ccccc2)cccc1NC(=O)Oc1ccc(C(C)(C)c2ccc(OC(=O)Nc3cccc(NC(=O)Nc4ccccc4)c3C)cc2)cc1. The van der Waals surface area contributed by atoms with E-state index in [0.717, 1.165) is 11.1 Å². The van der Waals surface area contributed by atoms with Gasteiger partial charge >= 0.3 is 24.2 Å². The van der Waals surface area contributed by atoms with Crippen LogP contribution in [0.1, 0.15) is 36.1 Å². The molecule has 6 N–H and O–H groups in total. The first-order chi connectivity index (χ1) is 27.4. The number of hydrogen-bond acceptors (Lipinski definition) is 6. The molecular formula is C45H42N6O6. The number of hydrogen-bond donors (Lipinski definition) is 6. The number of nitrogens with one attached hydrogen (secondary N) is 6. The second-order valence-electron chi connectivity index (χ2n) is 13.5. The molecule has 6 aromatic rings. The van der Waals surface area contributed by atoms with E-state index in [-0.39, 0.29) is 0 Å². The zero-order valence-electron chi connectivity index (χ0n) is 31.8. The van der Waals surface area contributed by atoms with Gasteiger partial charge in [0.15, 0.2) is 0 Å². The van der Waals surface area contributed by atoms with E-state index in [4.69, 9.17) is 9.47 Å². The maximum atomic E-state index is 12.9. The summed E-state index contributed by atoms with van der Waals surface area (Å²) in [5.74, 6) is 0.700. The summed E-state index contributed by atoms with van der Waals surface area (Å²) in [5.41, 5.74) is 6.15. The third kappa shape index (κ3) is 10.3. The highest BCUT2D eigenvalue weighted by Crippen LogP contribution is 2.34. The number of anilines is 6. The quantitative estimate of drug-likeness (QED) is 0.0815. The lowest BCUT2D eigenvalue weighted by Gasteiger charge is -2.26. The minimum atomic E-state index is -0.679. The molecule has 0 bridgehead atoms. The highest BCUT2D eigenvalue weighted by atomic mass is 16.6. The number of benzene rings is 6. The van der Waals surface area contributed by atoms with Crippen molar-refractivity contribution >= 4 is 58.4 Å². The molecule has 0 aromatic heterocycles. The normalized spacial score (nSPS) is 10.7. The number of amides is 6. The van der Waals surface area contributed by atoms with Gasteiger partial charge in [0.05, 0.1) is 0 Å². The van der Waals surface area contributed by atoms with Gasteiger partial charge in [-0.1, -0.05) is 86.6 Å². The van der Waals surface area contributed by atoms with Gasteiger partial charge in [0, 0.05) is 39.5 Å². The van der Waals surface area contributed by atoms with Crippen LogP contribution in [0.15, 0.2) is 146 Å². The average molecular weight is 763 g/mol. The van der Waals surface area contributed by atoms with Crippen molar-refractivity contribution in [1.82, 2.24) is 0 Å². The maximum absolute atomic E-state index is 12.9. The third-order valence-corrected chi connectivity index (χ3v) is 9.27. The molecule has 0 aliphatic heterocycles. The van der Waals surface area contributed by atoms with Crippen LogP contribution in [-0.2, 0) is 5.41 Å². The smallest absolute Gasteiger partial charge is 0.410 e. The van der Waals surface area contributed by atoms with Gasteiger partial charge in [0.25, 0.3) is 0 Å². The Morgan fingerprint density at radius 3 is 1.09 bits per heavy atom. The second kappa shape index (κ2) is 17.7. The molecule has 6 amide bonds. The average Bonchev–Trinajstić information content (AvgIpc) is 3.19. The summed E-state index contributed by atoms with van der Waals surface area (Å²) in [5, 5.41) is 16.7. The number of rotatable bonds is 10. The molecule has 0 aliphatic rings. The van der Waals surface area contributed by atoms with Gasteiger partial charge in [0.2, 0.25) is 0 Å². The van der Waals surface area contributed by atoms with Crippen molar-refractivity contribution in [3.63, 3.8) is 0 Å². The fourth-order valence-electron chi connectivity index (χ4n) is 5.96. The fraction of sp³-hybridized carbons (Fsp3) is 0.111. The Balaban J connectivity index is 1.01. The van der Waals surface area contributed by atoms with E-state index in [1.165, 1.54) is 0 Å². The maximum Gasteiger partial charge on any atom is 0.417 e. The highest BCUT2D eigenvalue weighted by Gasteiger charge is 2.24. The Hall–Kier alpha value is -7.60. The van der Waals surface area contributed by atoms with Crippen LogP contribution < -0.4 is 41.4 Å². The predicted molar refractivity (Wildman–Crippen MR) is 225 cm³/mol. The largest absolute Gasteiger partial charge is 0.417 e. The molecular weight excluding hydrogens is 721 g/mol. The molecule has 0 fully saturated rings. The van der Waals surface area contributed by atoms with Crippen molar-refractivity contribution in [2.45, 2.75) is 33.1 Å². The topological polar surface area (TPSA) is 159 Å². The van der Waals surface area contributed by atoms with E-state index in [1.807, 2.05) is 60.7 Å². The van der Waals surface area contributed by atoms with E-state index < -0.39 is 29.7 Å². The molecule has 57 heavy (non-hydrogen) atoms. The van der Waals surface area contributed by atoms with Crippen molar-refractivity contribution in [3.05, 3.63) is 168 Å². The molecule has 6 aromatic carbocycles. The van der Waals surface area contributed by atoms with Crippen molar-refractivity contribution in [2.24, 2.45) is 0 Å². The first kappa shape index (κ1) is 39.1. The standard InChI is InChI=1S/C45H42N6O6/c1-29-37(48-41(52)46-33-13-7-5-8-14-33)17-11-19-39(29)50-43(54)56-35-25-21-31(22-26-35)45(3,4)32-23-27-36(28-24-32)57-44(55)51-40-20-12-18-38(30(40)2)49-42(53)47-34-15-9-6-10-16-34/h5-28H,1-4H3,(H,50,54)(H,51,55)(H2,46,48,52)(H2,47,49,53). The van der Waals surface area contributed by atoms with E-state index in [1.54, 1.807) is 98.8 Å². The van der Waals surface area contributed by atoms with Crippen LogP contribution in [0, 0.1) is 13.8 Å². The summed E-state index contributed by atoms with van der Waals surface area (Å²) in [7, 11) is 0. The van der Waals surface area contributed by atoms with Crippen molar-refractivity contribution in [2.75, 3.05) is 31.9 Å². The summed E-state index contributed by atoms with van der Waals surface area (Å²) < 4.78 is 11.1. The molecule has 0 heterocycles. The Labute approximate surface area is 330 Å². The van der Waals surface area contributed by atoms with E-state index >= 15 is 0 Å². The lowest BCUT2D eigenvalue weighted by molar-refractivity contribution is 0.214. The van der Waals surface area contributed by atoms with Crippen molar-refractivity contribution in [3.8, 4) is 11.5 Å². The van der Waals surface area contributed by atoms with Crippen LogP contribution in [0.3, 0.4) is 0 Å². The highest BCUT2D eigenvalue weighted by molar-refractivity contribution is 6.02. The Morgan fingerprint density at radius 1 is 0.404 bits per heavy atom. The first-order valence-electron chi connectivity index (χ1n) is 18.1. The molecule has 0 radical (unpaired) electrons. The van der Waals surface area contributed by atoms with Crippen molar-refractivity contribution in [1.29, 1.82) is 0 Å². The fourth-order valence-corrected chi connectivity index (χ4v) is 5.96. The van der Waals surface area contributed by atoms with Crippen LogP contribution in [0.5, 0.6) is 11.5 Å². The summed E-state index contributed by atoms with van der Waals surface area (Å²) in [4.78, 5) is 50.8. The molecule has 12 heteroatoms. The predicted octanol–water partition coefficient (Wildman–Crippen LogP) is 11.1. The molecule has 0 atom stereocenters. The molecule has 0 unspecified atom stereocenters. The number of carbonyl (C=O) groups is 4. The number of urea groups is 2. The van der Waals surface area contributed by atoms with Crippen LogP contribution in [-0.4, -0.2) is 24.2 Å². The molecule has 0 aliphatic carbocycles. The van der Waals surface area contributed by atoms with Crippen LogP contribution in [0.2, 0.25) is 0 Å². The van der Waals surface area contributed by atoms with Gasteiger partial charge in [-0.05, 0) is 109 Å². The summed E-state index contributed by atoms with van der Waals surface area (Å²) in [6.45, 7) is 7.70. The second-order valence-corrected chi connectivity index (χ2v) is 13.5. The summed E-state index contributed by atoms with van der Waals surface area (Å²) >= 11 is 0. The molecule has 6 rings (SSSR count). The zero-order chi connectivity index (χ0) is 40.4. The Morgan fingerprint density at radius 2 is 0.737 bits per heavy atom. The van der Waals surface area contributed by atoms with Crippen LogP contribution >= 0.6 is 0 Å². The molecule has 288 valence electrons. The first-order valence-corrected chi connectivity index (χ1v) is 18.1. The van der Waals surface area contributed by atoms with Gasteiger partial charge < -0.3 is 30.7 Å². The van der Waals surface area contributed by atoms with Gasteiger partial charge in [-0.2, -0.15) is 0 Å². The van der Waals surface area contributed by atoms with Crippen LogP contribution in [0.25, 0.3) is 0 Å². The zero-order valence-corrected chi connectivity index (χ0v) is 31.8. The third-order valence-electron chi connectivity index (χ3n) is 9.27. The lowest BCUT2D eigenvalue weighted by atomic mass is 9.78. The van der Waals surface area contributed by atoms with E-state index in [9.17, 15) is 19.2 Å². The summed E-state index contributed by atoms with van der Waals surface area (Å²) in [6, 6.07) is 42.2. The van der Waals surface area contributed by atoms with E-state index in [0.29, 0.717) is 56.8 Å². The van der Waals surface area contributed by atoms with Gasteiger partial charge in [-0.25, -0.2) is 19.2 Å². The van der Waals surface area contributed by atoms with E-state index in [2.05, 4.69) is 45.7 Å². The number of ether oxygens (including phenoxy) is 2. The minimum absolute atomic E-state index is 0.350. The number of para-hydroxylation sites is 2. The molecule has 0 saturated heterocycles. The Bertz CT molecular complexity index is 2200. The van der Waals surface area contributed by atoms with Gasteiger partial charge in [0.1, 0.15) is 11.5 Å². The summed E-state index contributed by atoms with van der Waals surface area (Å²) in [6.07, 6.45) is -1.36. The monoisotopic (exact) mass is 762 g/mol.